The van der Waals surface area contributed by atoms with Crippen molar-refractivity contribution in [2.45, 2.75) is 155 Å². The molecule has 218 valence electrons. The lowest BCUT2D eigenvalue weighted by atomic mass is 10.0. The van der Waals surface area contributed by atoms with Crippen molar-refractivity contribution in [1.82, 2.24) is 0 Å². The van der Waals surface area contributed by atoms with Crippen LogP contribution in [-0.2, 0) is 14.3 Å². The summed E-state index contributed by atoms with van der Waals surface area (Å²) in [5.74, 6) is -0.720. The number of allylic oxidation sites excluding steroid dienone is 8. The highest BCUT2D eigenvalue weighted by Crippen LogP contribution is 2.17. The van der Waals surface area contributed by atoms with Crippen molar-refractivity contribution in [1.29, 1.82) is 0 Å². The zero-order valence-electron chi connectivity index (χ0n) is 24.7. The Morgan fingerprint density at radius 2 is 1.11 bits per heavy atom. The topological polar surface area (TPSA) is 63.6 Å². The highest BCUT2D eigenvalue weighted by molar-refractivity contribution is 5.69. The van der Waals surface area contributed by atoms with Gasteiger partial charge >= 0.3 is 11.9 Å². The Morgan fingerprint density at radius 1 is 0.605 bits per heavy atom. The largest absolute Gasteiger partial charge is 0.481 e. The van der Waals surface area contributed by atoms with Gasteiger partial charge in [0, 0.05) is 12.8 Å². The molecular weight excluding hydrogens is 472 g/mol. The van der Waals surface area contributed by atoms with Crippen LogP contribution in [0.3, 0.4) is 0 Å². The van der Waals surface area contributed by atoms with Gasteiger partial charge < -0.3 is 9.84 Å². The summed E-state index contributed by atoms with van der Waals surface area (Å²) in [6.07, 6.45) is 38.7. The SMILES string of the molecule is CC/C=C\C/C=C\C/C=C\C/C=C\CCCCC(=O)OC(CCCC)CCCCCCCCCCC(=O)O. The number of rotatable bonds is 27. The average molecular weight is 531 g/mol. The molecule has 4 heteroatoms. The molecule has 38 heavy (non-hydrogen) atoms. The fourth-order valence-corrected chi connectivity index (χ4v) is 4.28. The molecule has 1 unspecified atom stereocenters. The minimum absolute atomic E-state index is 0.0300. The number of carbonyl (C=O) groups excluding carboxylic acids is 1. The van der Waals surface area contributed by atoms with Crippen LogP contribution in [0.2, 0.25) is 0 Å². The summed E-state index contributed by atoms with van der Waals surface area (Å²) in [5, 5.41) is 8.66. The van der Waals surface area contributed by atoms with Gasteiger partial charge in [0.15, 0.2) is 0 Å². The predicted octanol–water partition coefficient (Wildman–Crippen LogP) is 10.4. The van der Waals surface area contributed by atoms with Crippen LogP contribution in [-0.4, -0.2) is 23.1 Å². The highest BCUT2D eigenvalue weighted by atomic mass is 16.5. The van der Waals surface area contributed by atoms with E-state index in [1.807, 2.05) is 0 Å². The van der Waals surface area contributed by atoms with E-state index in [4.69, 9.17) is 9.84 Å². The molecule has 0 amide bonds. The van der Waals surface area contributed by atoms with Gasteiger partial charge in [-0.1, -0.05) is 114 Å². The summed E-state index contributed by atoms with van der Waals surface area (Å²) in [5.41, 5.74) is 0. The number of unbranched alkanes of at least 4 members (excludes halogenated alkanes) is 10. The van der Waals surface area contributed by atoms with Gasteiger partial charge in [-0.3, -0.25) is 9.59 Å². The quantitative estimate of drug-likeness (QED) is 0.0651. The molecule has 0 fully saturated rings. The second-order valence-electron chi connectivity index (χ2n) is 10.3. The summed E-state index contributed by atoms with van der Waals surface area (Å²) in [4.78, 5) is 22.9. The van der Waals surface area contributed by atoms with Crippen molar-refractivity contribution >= 4 is 11.9 Å². The molecule has 1 atom stereocenters. The molecule has 0 aliphatic carbocycles. The summed E-state index contributed by atoms with van der Waals surface area (Å²) < 4.78 is 5.84. The first-order valence-corrected chi connectivity index (χ1v) is 15.6. The Kier molecular flexibility index (Phi) is 27.8. The van der Waals surface area contributed by atoms with Crippen LogP contribution in [0.5, 0.6) is 0 Å². The maximum absolute atomic E-state index is 12.4. The number of carbonyl (C=O) groups is 2. The molecule has 0 saturated heterocycles. The van der Waals surface area contributed by atoms with E-state index in [1.54, 1.807) is 0 Å². The fraction of sp³-hybridized carbons (Fsp3) is 0.706. The molecule has 0 heterocycles. The van der Waals surface area contributed by atoms with E-state index in [9.17, 15) is 9.59 Å². The van der Waals surface area contributed by atoms with Gasteiger partial charge in [0.1, 0.15) is 6.10 Å². The number of esters is 1. The molecule has 0 aliphatic rings. The van der Waals surface area contributed by atoms with E-state index < -0.39 is 5.97 Å². The van der Waals surface area contributed by atoms with Crippen LogP contribution in [0.4, 0.5) is 0 Å². The Bertz CT molecular complexity index is 659. The fourth-order valence-electron chi connectivity index (χ4n) is 4.28. The summed E-state index contributed by atoms with van der Waals surface area (Å²) in [6, 6.07) is 0. The number of ether oxygens (including phenoxy) is 1. The smallest absolute Gasteiger partial charge is 0.306 e. The third kappa shape index (κ3) is 28.5. The van der Waals surface area contributed by atoms with Crippen molar-refractivity contribution < 1.29 is 19.4 Å². The third-order valence-corrected chi connectivity index (χ3v) is 6.57. The Hall–Kier alpha value is -2.10. The first kappa shape index (κ1) is 35.9. The molecule has 0 saturated carbocycles. The molecule has 0 aliphatic heterocycles. The van der Waals surface area contributed by atoms with Gasteiger partial charge in [0.2, 0.25) is 0 Å². The van der Waals surface area contributed by atoms with Crippen LogP contribution in [0, 0.1) is 0 Å². The maximum Gasteiger partial charge on any atom is 0.306 e. The minimum atomic E-state index is -0.690. The maximum atomic E-state index is 12.4. The van der Waals surface area contributed by atoms with E-state index in [0.29, 0.717) is 12.8 Å². The van der Waals surface area contributed by atoms with E-state index in [2.05, 4.69) is 62.5 Å². The van der Waals surface area contributed by atoms with Gasteiger partial charge in [-0.05, 0) is 70.6 Å². The molecule has 0 spiro atoms. The van der Waals surface area contributed by atoms with Crippen molar-refractivity contribution in [3.8, 4) is 0 Å². The van der Waals surface area contributed by atoms with Crippen molar-refractivity contribution in [2.24, 2.45) is 0 Å². The Balaban J connectivity index is 3.82. The Labute approximate surface area is 234 Å². The molecule has 0 aromatic heterocycles. The second-order valence-corrected chi connectivity index (χ2v) is 10.3. The van der Waals surface area contributed by atoms with Crippen molar-refractivity contribution in [3.63, 3.8) is 0 Å². The van der Waals surface area contributed by atoms with Crippen LogP contribution in [0.15, 0.2) is 48.6 Å². The normalized spacial score (nSPS) is 12.9. The highest BCUT2D eigenvalue weighted by Gasteiger charge is 2.13. The summed E-state index contributed by atoms with van der Waals surface area (Å²) in [6.45, 7) is 4.34. The van der Waals surface area contributed by atoms with Gasteiger partial charge in [-0.25, -0.2) is 0 Å². The number of hydrogen-bond acceptors (Lipinski definition) is 3. The Morgan fingerprint density at radius 3 is 1.68 bits per heavy atom. The van der Waals surface area contributed by atoms with Gasteiger partial charge in [-0.15, -0.1) is 0 Å². The number of aliphatic carboxylic acids is 1. The first-order valence-electron chi connectivity index (χ1n) is 15.6. The van der Waals surface area contributed by atoms with Crippen LogP contribution >= 0.6 is 0 Å². The molecule has 0 rings (SSSR count). The molecule has 0 radical (unpaired) electrons. The molecule has 1 N–H and O–H groups in total. The van der Waals surface area contributed by atoms with Gasteiger partial charge in [0.25, 0.3) is 0 Å². The van der Waals surface area contributed by atoms with Gasteiger partial charge in [0.05, 0.1) is 0 Å². The van der Waals surface area contributed by atoms with Crippen molar-refractivity contribution in [3.05, 3.63) is 48.6 Å². The summed E-state index contributed by atoms with van der Waals surface area (Å²) in [7, 11) is 0. The number of carboxylic acids is 1. The molecule has 0 aromatic carbocycles. The third-order valence-electron chi connectivity index (χ3n) is 6.57. The first-order chi connectivity index (χ1) is 18.6. The second kappa shape index (κ2) is 29.5. The predicted molar refractivity (Wildman–Crippen MR) is 162 cm³/mol. The summed E-state index contributed by atoms with van der Waals surface area (Å²) >= 11 is 0. The van der Waals surface area contributed by atoms with E-state index in [1.165, 1.54) is 25.7 Å². The molecule has 0 aromatic rings. The van der Waals surface area contributed by atoms with Crippen LogP contribution in [0.1, 0.15) is 149 Å². The number of hydrogen-bond donors (Lipinski definition) is 1. The lowest BCUT2D eigenvalue weighted by molar-refractivity contribution is -0.150. The lowest BCUT2D eigenvalue weighted by Crippen LogP contribution is -2.18. The van der Waals surface area contributed by atoms with Crippen LogP contribution < -0.4 is 0 Å². The van der Waals surface area contributed by atoms with Crippen LogP contribution in [0.25, 0.3) is 0 Å². The van der Waals surface area contributed by atoms with Crippen molar-refractivity contribution in [2.75, 3.05) is 0 Å². The van der Waals surface area contributed by atoms with Gasteiger partial charge in [-0.2, -0.15) is 0 Å². The standard InChI is InChI=1S/C34H58O4/c1-3-5-7-8-9-10-11-12-13-14-15-16-21-24-27-31-34(37)38-32(28-6-4-2)29-25-22-19-17-18-20-23-26-30-33(35)36/h5,7,9-10,12-13,15-16,32H,3-4,6,8,11,14,17-31H2,1-2H3,(H,35,36)/b7-5-,10-9-,13-12-,16-15-. The zero-order valence-corrected chi connectivity index (χ0v) is 24.7. The zero-order chi connectivity index (χ0) is 27.9. The molecular formula is C34H58O4. The minimum Gasteiger partial charge on any atom is -0.481 e. The molecule has 0 bridgehead atoms. The number of carboxylic acid groups (broad SMARTS) is 1. The van der Waals surface area contributed by atoms with E-state index in [-0.39, 0.29) is 12.1 Å². The molecule has 4 nitrogen and oxygen atoms in total. The lowest BCUT2D eigenvalue weighted by Gasteiger charge is -2.18. The van der Waals surface area contributed by atoms with E-state index >= 15 is 0 Å². The monoisotopic (exact) mass is 530 g/mol. The average Bonchev–Trinajstić information content (AvgIpc) is 2.90. The van der Waals surface area contributed by atoms with E-state index in [0.717, 1.165) is 96.3 Å².